The Bertz CT molecular complexity index is 2050. The molecule has 7 rings (SSSR count). The molecule has 1 amide bonds. The Morgan fingerprint density at radius 3 is 2.46 bits per heavy atom. The molecule has 3 heterocycles. The summed E-state index contributed by atoms with van der Waals surface area (Å²) in [7, 11) is 0. The minimum atomic E-state index is -0.601. The van der Waals surface area contributed by atoms with Crippen molar-refractivity contribution >= 4 is 17.1 Å². The number of alkyl carbamates (subject to hydrolysis) is 1. The molecule has 5 aromatic rings. The first-order valence-corrected chi connectivity index (χ1v) is 18.0. The molecule has 10 heteroatoms. The molecule has 0 bridgehead atoms. The predicted molar refractivity (Wildman–Crippen MR) is 201 cm³/mol. The zero-order chi connectivity index (χ0) is 36.0. The van der Waals surface area contributed by atoms with Gasteiger partial charge in [-0.15, -0.1) is 0 Å². The van der Waals surface area contributed by atoms with Gasteiger partial charge in [-0.2, -0.15) is 0 Å². The molecule has 0 spiro atoms. The van der Waals surface area contributed by atoms with E-state index in [9.17, 15) is 14.7 Å². The van der Waals surface area contributed by atoms with Crippen molar-refractivity contribution in [1.82, 2.24) is 19.8 Å². The maximum absolute atomic E-state index is 12.9. The first-order chi connectivity index (χ1) is 25.4. The lowest BCUT2D eigenvalue weighted by molar-refractivity contribution is -0.276. The van der Waals surface area contributed by atoms with E-state index < -0.39 is 12.4 Å². The van der Waals surface area contributed by atoms with Gasteiger partial charge in [0.15, 0.2) is 6.29 Å². The third kappa shape index (κ3) is 7.90. The Morgan fingerprint density at radius 2 is 1.69 bits per heavy atom. The molecular formula is C42H46N4O6. The number of piperidine rings is 1. The van der Waals surface area contributed by atoms with E-state index in [0.29, 0.717) is 6.54 Å². The highest BCUT2D eigenvalue weighted by Gasteiger charge is 2.39. The van der Waals surface area contributed by atoms with Gasteiger partial charge in [0.25, 0.3) is 0 Å². The van der Waals surface area contributed by atoms with Gasteiger partial charge in [0.05, 0.1) is 29.8 Å². The van der Waals surface area contributed by atoms with Crippen molar-refractivity contribution in [3.8, 4) is 11.1 Å². The van der Waals surface area contributed by atoms with Crippen LogP contribution in [0.25, 0.3) is 22.2 Å². The summed E-state index contributed by atoms with van der Waals surface area (Å²) in [6.07, 6.45) is 1.85. The molecule has 0 aliphatic carbocycles. The summed E-state index contributed by atoms with van der Waals surface area (Å²) in [6, 6.07) is 32.3. The van der Waals surface area contributed by atoms with Crippen molar-refractivity contribution in [3.05, 3.63) is 142 Å². The van der Waals surface area contributed by atoms with Gasteiger partial charge in [-0.3, -0.25) is 4.57 Å². The molecule has 10 nitrogen and oxygen atoms in total. The molecule has 0 saturated carbocycles. The van der Waals surface area contributed by atoms with Gasteiger partial charge >= 0.3 is 11.8 Å². The number of aliphatic hydroxyl groups excluding tert-OH is 1. The Balaban J connectivity index is 1.09. The second kappa shape index (κ2) is 16.1. The van der Waals surface area contributed by atoms with Crippen LogP contribution in [0.4, 0.5) is 4.79 Å². The number of para-hydroxylation sites is 2. The molecule has 3 N–H and O–H groups in total. The first-order valence-electron chi connectivity index (χ1n) is 18.0. The van der Waals surface area contributed by atoms with E-state index in [0.717, 1.165) is 76.9 Å². The number of aromatic nitrogens is 2. The molecule has 4 aromatic carbocycles. The van der Waals surface area contributed by atoms with E-state index in [4.69, 9.17) is 14.2 Å². The zero-order valence-electron chi connectivity index (χ0n) is 29.4. The van der Waals surface area contributed by atoms with E-state index in [-0.39, 0.29) is 43.1 Å². The average molecular weight is 703 g/mol. The second-order valence-electron chi connectivity index (χ2n) is 13.7. The summed E-state index contributed by atoms with van der Waals surface area (Å²) < 4.78 is 20.6. The van der Waals surface area contributed by atoms with Crippen LogP contribution in [0.3, 0.4) is 0 Å². The van der Waals surface area contributed by atoms with Gasteiger partial charge in [0.1, 0.15) is 6.61 Å². The molecular weight excluding hydrogens is 656 g/mol. The summed E-state index contributed by atoms with van der Waals surface area (Å²) in [5.74, 6) is 0.0516. The maximum atomic E-state index is 12.9. The number of carbonyl (C=O) groups is 1. The molecule has 52 heavy (non-hydrogen) atoms. The fraction of sp³-hybridized carbons (Fsp3) is 0.333. The highest BCUT2D eigenvalue weighted by Crippen LogP contribution is 2.43. The summed E-state index contributed by atoms with van der Waals surface area (Å²) in [6.45, 7) is 8.70. The molecule has 2 aliphatic heterocycles. The minimum Gasteiger partial charge on any atom is -0.445 e. The lowest BCUT2D eigenvalue weighted by Crippen LogP contribution is -2.47. The normalized spacial score (nSPS) is 21.2. The topological polar surface area (TPSA) is 118 Å². The minimum absolute atomic E-state index is 0.0141. The van der Waals surface area contributed by atoms with Crippen LogP contribution < -0.4 is 11.0 Å². The molecule has 2 saturated heterocycles. The number of rotatable bonds is 11. The van der Waals surface area contributed by atoms with Crippen LogP contribution in [-0.2, 0) is 27.4 Å². The number of likely N-dealkylation sites (tertiary alicyclic amines) is 1. The van der Waals surface area contributed by atoms with Gasteiger partial charge in [-0.25, -0.2) is 9.59 Å². The first kappa shape index (κ1) is 35.4. The molecule has 2 fully saturated rings. The number of carbonyl (C=O) groups excluding carboxylic acids is 1. The number of aliphatic hydroxyl groups is 1. The fourth-order valence-corrected chi connectivity index (χ4v) is 7.47. The number of nitrogens with one attached hydrogen (secondary N) is 2. The summed E-state index contributed by atoms with van der Waals surface area (Å²) in [5.41, 5.74) is 7.56. The predicted octanol–water partition coefficient (Wildman–Crippen LogP) is 7.03. The average Bonchev–Trinajstić information content (AvgIpc) is 3.53. The van der Waals surface area contributed by atoms with Gasteiger partial charge in [-0.05, 0) is 64.9 Å². The number of ether oxygens (including phenoxy) is 3. The Labute approximate surface area is 303 Å². The van der Waals surface area contributed by atoms with E-state index >= 15 is 0 Å². The van der Waals surface area contributed by atoms with Crippen LogP contribution in [0.1, 0.15) is 60.5 Å². The van der Waals surface area contributed by atoms with E-state index in [1.807, 2.05) is 83.4 Å². The van der Waals surface area contributed by atoms with Crippen molar-refractivity contribution in [1.29, 1.82) is 0 Å². The number of amides is 1. The van der Waals surface area contributed by atoms with Crippen molar-refractivity contribution < 1.29 is 24.1 Å². The molecule has 270 valence electrons. The highest BCUT2D eigenvalue weighted by atomic mass is 16.7. The fourth-order valence-electron chi connectivity index (χ4n) is 7.47. The van der Waals surface area contributed by atoms with Crippen LogP contribution in [0.2, 0.25) is 0 Å². The van der Waals surface area contributed by atoms with Crippen molar-refractivity contribution in [2.45, 2.75) is 57.5 Å². The van der Waals surface area contributed by atoms with Gasteiger partial charge in [0, 0.05) is 43.7 Å². The molecule has 0 radical (unpaired) electrons. The number of hydrogen-bond donors (Lipinski definition) is 3. The smallest absolute Gasteiger partial charge is 0.407 e. The molecule has 4 atom stereocenters. The number of H-pyrrole nitrogens is 1. The van der Waals surface area contributed by atoms with E-state index in [2.05, 4.69) is 46.9 Å². The quantitative estimate of drug-likeness (QED) is 0.127. The van der Waals surface area contributed by atoms with E-state index in [1.165, 1.54) is 6.08 Å². The number of aromatic amines is 1. The zero-order valence-corrected chi connectivity index (χ0v) is 29.4. The Morgan fingerprint density at radius 1 is 0.942 bits per heavy atom. The standard InChI is InChI=1S/C42H46N4O6/c1-3-22-50-42(49)43-25-30-8-6-9-32(23-30)33-10-7-11-34(24-33)40-51-38(28(2)39(52-40)31-16-14-29(27-47)15-17-31)26-45-20-18-35(19-21-45)46-37-13-5-4-12-36(37)44-41(46)48/h3-17,23-24,28,35,38-40,47H,1,18-22,25-27H2,2H3,(H,43,49)(H,44,48). The SMILES string of the molecule is C=CCOC(=O)NCc1cccc(-c2cccc(C3OC(CN4CCC(n5c(=O)[nH]c6ccccc65)CC4)C(C)C(c4ccc(CO)cc4)O3)c2)c1. The van der Waals surface area contributed by atoms with Crippen LogP contribution in [-0.4, -0.2) is 58.0 Å². The maximum Gasteiger partial charge on any atom is 0.407 e. The van der Waals surface area contributed by atoms with Gasteiger partial charge in [-0.1, -0.05) is 92.4 Å². The lowest BCUT2D eigenvalue weighted by Gasteiger charge is -2.44. The summed E-state index contributed by atoms with van der Waals surface area (Å²) >= 11 is 0. The molecule has 2 aliphatic rings. The Hall–Kier alpha value is -5.00. The van der Waals surface area contributed by atoms with Gasteiger partial charge < -0.3 is 34.5 Å². The summed E-state index contributed by atoms with van der Waals surface area (Å²) in [4.78, 5) is 30.3. The van der Waals surface area contributed by atoms with Crippen LogP contribution in [0, 0.1) is 5.92 Å². The number of fused-ring (bicyclic) bond motifs is 1. The summed E-state index contributed by atoms with van der Waals surface area (Å²) in [5, 5.41) is 12.5. The largest absolute Gasteiger partial charge is 0.445 e. The van der Waals surface area contributed by atoms with Crippen molar-refractivity contribution in [3.63, 3.8) is 0 Å². The highest BCUT2D eigenvalue weighted by molar-refractivity contribution is 5.75. The van der Waals surface area contributed by atoms with Crippen molar-refractivity contribution in [2.75, 3.05) is 26.2 Å². The third-order valence-corrected chi connectivity index (χ3v) is 10.3. The third-order valence-electron chi connectivity index (χ3n) is 10.3. The van der Waals surface area contributed by atoms with Crippen molar-refractivity contribution in [2.24, 2.45) is 5.92 Å². The Kier molecular flexibility index (Phi) is 11.0. The van der Waals surface area contributed by atoms with E-state index in [1.54, 1.807) is 0 Å². The number of nitrogens with zero attached hydrogens (tertiary/aromatic N) is 2. The van der Waals surface area contributed by atoms with Gasteiger partial charge in [0.2, 0.25) is 0 Å². The lowest BCUT2D eigenvalue weighted by atomic mass is 9.89. The van der Waals surface area contributed by atoms with Crippen LogP contribution >= 0.6 is 0 Å². The number of hydrogen-bond acceptors (Lipinski definition) is 7. The van der Waals surface area contributed by atoms with Crippen LogP contribution in [0.5, 0.6) is 0 Å². The number of imidazole rings is 1. The number of benzene rings is 4. The monoisotopic (exact) mass is 702 g/mol. The second-order valence-corrected chi connectivity index (χ2v) is 13.7. The molecule has 4 unspecified atom stereocenters. The van der Waals surface area contributed by atoms with Crippen LogP contribution in [0.15, 0.2) is 115 Å². The molecule has 1 aromatic heterocycles.